The normalized spacial score (nSPS) is 10.6. The van der Waals surface area contributed by atoms with E-state index in [9.17, 15) is 4.79 Å². The predicted octanol–water partition coefficient (Wildman–Crippen LogP) is 4.87. The van der Waals surface area contributed by atoms with Crippen LogP contribution in [0.2, 0.25) is 0 Å². The van der Waals surface area contributed by atoms with Gasteiger partial charge in [0.2, 0.25) is 0 Å². The second-order valence-corrected chi connectivity index (χ2v) is 6.09. The summed E-state index contributed by atoms with van der Waals surface area (Å²) in [5.74, 6) is 0.424. The first-order valence-electron chi connectivity index (χ1n) is 8.92. The smallest absolute Gasteiger partial charge is 0.338 e. The fraction of sp³-hybridized carbons (Fsp3) is 0.632. The largest absolute Gasteiger partial charge is 0.460 e. The molecule has 0 saturated carbocycles. The Morgan fingerprint density at radius 2 is 1.75 bits per heavy atom. The topological polar surface area (TPSA) is 47.6 Å². The van der Waals surface area contributed by atoms with E-state index < -0.39 is 0 Å². The molecule has 1 aromatic carbocycles. The van der Waals surface area contributed by atoms with Gasteiger partial charge in [0.15, 0.2) is 0 Å². The molecule has 1 rings (SSSR count). The Bertz CT molecular complexity index is 437. The van der Waals surface area contributed by atoms with Crippen LogP contribution in [0.25, 0.3) is 0 Å². The maximum atomic E-state index is 11.9. The van der Waals surface area contributed by atoms with Gasteiger partial charge in [-0.1, -0.05) is 26.2 Å². The molecule has 0 bridgehead atoms. The lowest BCUT2D eigenvalue weighted by Crippen LogP contribution is -2.11. The highest BCUT2D eigenvalue weighted by Crippen LogP contribution is 2.11. The van der Waals surface area contributed by atoms with Crippen LogP contribution < -0.4 is 5.32 Å². The maximum absolute atomic E-state index is 11.9. The van der Waals surface area contributed by atoms with E-state index in [4.69, 9.17) is 21.1 Å². The number of nitrogens with one attached hydrogen (secondary N) is 1. The van der Waals surface area contributed by atoms with Gasteiger partial charge in [-0.15, -0.1) is 11.6 Å². The van der Waals surface area contributed by atoms with Crippen molar-refractivity contribution in [1.82, 2.24) is 0 Å². The molecule has 0 amide bonds. The second-order valence-electron chi connectivity index (χ2n) is 5.71. The number of esters is 1. The Kier molecular flexibility index (Phi) is 12.2. The SMILES string of the molecule is CCCCNc1ccc(C(=O)OCCOCCCCCCCl)cc1. The average molecular weight is 356 g/mol. The number of alkyl halides is 1. The van der Waals surface area contributed by atoms with Crippen molar-refractivity contribution in [2.75, 3.05) is 37.6 Å². The molecule has 0 spiro atoms. The first kappa shape index (κ1) is 20.8. The quantitative estimate of drug-likeness (QED) is 0.294. The Balaban J connectivity index is 2.10. The first-order chi connectivity index (χ1) is 11.8. The van der Waals surface area contributed by atoms with Gasteiger partial charge in [-0.25, -0.2) is 4.79 Å². The molecular formula is C19H30ClNO3. The van der Waals surface area contributed by atoms with E-state index in [1.165, 1.54) is 0 Å². The highest BCUT2D eigenvalue weighted by molar-refractivity contribution is 6.17. The number of benzene rings is 1. The Labute approximate surface area is 150 Å². The van der Waals surface area contributed by atoms with Crippen LogP contribution in [0.15, 0.2) is 24.3 Å². The molecule has 0 aliphatic heterocycles. The summed E-state index contributed by atoms with van der Waals surface area (Å²) in [6.07, 6.45) is 6.66. The van der Waals surface area contributed by atoms with E-state index >= 15 is 0 Å². The summed E-state index contributed by atoms with van der Waals surface area (Å²) in [4.78, 5) is 11.9. The van der Waals surface area contributed by atoms with E-state index in [2.05, 4.69) is 12.2 Å². The fourth-order valence-corrected chi connectivity index (χ4v) is 2.35. The molecule has 1 aromatic rings. The summed E-state index contributed by atoms with van der Waals surface area (Å²) >= 11 is 5.62. The molecule has 0 atom stereocenters. The van der Waals surface area contributed by atoms with Crippen LogP contribution in [0.3, 0.4) is 0 Å². The number of unbranched alkanes of at least 4 members (excludes halogenated alkanes) is 4. The van der Waals surface area contributed by atoms with Crippen molar-refractivity contribution < 1.29 is 14.3 Å². The average Bonchev–Trinajstić information content (AvgIpc) is 2.61. The second kappa shape index (κ2) is 14.1. The van der Waals surface area contributed by atoms with E-state index in [-0.39, 0.29) is 12.6 Å². The van der Waals surface area contributed by atoms with Crippen LogP contribution >= 0.6 is 11.6 Å². The van der Waals surface area contributed by atoms with Gasteiger partial charge in [0.1, 0.15) is 6.61 Å². The van der Waals surface area contributed by atoms with E-state index in [1.54, 1.807) is 12.1 Å². The molecule has 0 saturated heterocycles. The minimum atomic E-state index is -0.305. The molecule has 136 valence electrons. The van der Waals surface area contributed by atoms with Crippen LogP contribution in [-0.2, 0) is 9.47 Å². The number of rotatable bonds is 14. The van der Waals surface area contributed by atoms with Crippen LogP contribution in [0.1, 0.15) is 55.8 Å². The van der Waals surface area contributed by atoms with E-state index in [0.29, 0.717) is 18.8 Å². The van der Waals surface area contributed by atoms with Gasteiger partial charge in [-0.3, -0.25) is 0 Å². The number of hydrogen-bond acceptors (Lipinski definition) is 4. The number of carbonyl (C=O) groups excluding carboxylic acids is 1. The minimum absolute atomic E-state index is 0.289. The third kappa shape index (κ3) is 9.78. The van der Waals surface area contributed by atoms with Gasteiger partial charge in [0.05, 0.1) is 12.2 Å². The highest BCUT2D eigenvalue weighted by atomic mass is 35.5. The zero-order valence-corrected chi connectivity index (χ0v) is 15.4. The third-order valence-corrected chi connectivity index (χ3v) is 3.88. The van der Waals surface area contributed by atoms with Crippen molar-refractivity contribution in [2.24, 2.45) is 0 Å². The van der Waals surface area contributed by atoms with Gasteiger partial charge < -0.3 is 14.8 Å². The van der Waals surface area contributed by atoms with Crippen LogP contribution in [0, 0.1) is 0 Å². The highest BCUT2D eigenvalue weighted by Gasteiger charge is 2.06. The summed E-state index contributed by atoms with van der Waals surface area (Å²) in [6, 6.07) is 7.38. The maximum Gasteiger partial charge on any atom is 0.338 e. The number of anilines is 1. The van der Waals surface area contributed by atoms with Gasteiger partial charge in [0, 0.05) is 24.7 Å². The molecule has 0 aromatic heterocycles. The predicted molar refractivity (Wildman–Crippen MR) is 100 cm³/mol. The monoisotopic (exact) mass is 355 g/mol. The van der Waals surface area contributed by atoms with Crippen molar-refractivity contribution >= 4 is 23.3 Å². The first-order valence-corrected chi connectivity index (χ1v) is 9.46. The number of ether oxygens (including phenoxy) is 2. The molecule has 0 heterocycles. The van der Waals surface area contributed by atoms with Crippen molar-refractivity contribution in [1.29, 1.82) is 0 Å². The summed E-state index contributed by atoms with van der Waals surface area (Å²) in [5.41, 5.74) is 1.59. The van der Waals surface area contributed by atoms with Gasteiger partial charge >= 0.3 is 5.97 Å². The lowest BCUT2D eigenvalue weighted by Gasteiger charge is -2.08. The fourth-order valence-electron chi connectivity index (χ4n) is 2.16. The molecular weight excluding hydrogens is 326 g/mol. The number of carbonyl (C=O) groups is 1. The molecule has 0 aliphatic rings. The molecule has 4 nitrogen and oxygen atoms in total. The van der Waals surface area contributed by atoms with Crippen LogP contribution in [-0.4, -0.2) is 38.2 Å². The van der Waals surface area contributed by atoms with Crippen molar-refractivity contribution in [2.45, 2.75) is 45.4 Å². The van der Waals surface area contributed by atoms with Gasteiger partial charge in [-0.05, 0) is 43.5 Å². The molecule has 5 heteroatoms. The minimum Gasteiger partial charge on any atom is -0.460 e. The van der Waals surface area contributed by atoms with Gasteiger partial charge in [0.25, 0.3) is 0 Å². The van der Waals surface area contributed by atoms with E-state index in [1.807, 2.05) is 12.1 Å². The van der Waals surface area contributed by atoms with Crippen molar-refractivity contribution in [3.05, 3.63) is 29.8 Å². The Morgan fingerprint density at radius 3 is 2.46 bits per heavy atom. The number of hydrogen-bond donors (Lipinski definition) is 1. The van der Waals surface area contributed by atoms with Crippen molar-refractivity contribution in [3.63, 3.8) is 0 Å². The summed E-state index contributed by atoms with van der Waals surface area (Å²) in [6.45, 7) is 4.54. The Hall–Kier alpha value is -1.26. The summed E-state index contributed by atoms with van der Waals surface area (Å²) in [7, 11) is 0. The molecule has 0 fully saturated rings. The zero-order valence-electron chi connectivity index (χ0n) is 14.7. The van der Waals surface area contributed by atoms with Gasteiger partial charge in [-0.2, -0.15) is 0 Å². The lowest BCUT2D eigenvalue weighted by atomic mass is 10.2. The molecule has 0 aliphatic carbocycles. The van der Waals surface area contributed by atoms with Crippen LogP contribution in [0.5, 0.6) is 0 Å². The molecule has 0 unspecified atom stereocenters. The lowest BCUT2D eigenvalue weighted by molar-refractivity contribution is 0.0312. The number of halogens is 1. The molecule has 24 heavy (non-hydrogen) atoms. The summed E-state index contributed by atoms with van der Waals surface area (Å²) in [5, 5.41) is 3.32. The molecule has 1 N–H and O–H groups in total. The summed E-state index contributed by atoms with van der Waals surface area (Å²) < 4.78 is 10.7. The Morgan fingerprint density at radius 1 is 1.00 bits per heavy atom. The standard InChI is InChI=1S/C19H30ClNO3/c1-2-3-13-21-18-10-8-17(9-11-18)19(22)24-16-15-23-14-7-5-4-6-12-20/h8-11,21H,2-7,12-16H2,1H3. The zero-order chi connectivity index (χ0) is 17.5. The molecule has 0 radical (unpaired) electrons. The third-order valence-electron chi connectivity index (χ3n) is 3.61. The van der Waals surface area contributed by atoms with Crippen LogP contribution in [0.4, 0.5) is 5.69 Å². The van der Waals surface area contributed by atoms with Crippen molar-refractivity contribution in [3.8, 4) is 0 Å². The van der Waals surface area contributed by atoms with E-state index in [0.717, 1.165) is 56.6 Å².